The number of hydrogen-bond acceptors (Lipinski definition) is 1. The molecule has 0 aliphatic carbocycles. The molecule has 1 heterocycles. The Morgan fingerprint density at radius 1 is 1.33 bits per heavy atom. The number of halogens is 1. The summed E-state index contributed by atoms with van der Waals surface area (Å²) in [6, 6.07) is 2.12. The van der Waals surface area contributed by atoms with Gasteiger partial charge in [0.05, 0.1) is 0 Å². The molecule has 1 rings (SSSR count). The monoisotopic (exact) mass is 275 g/mol. The van der Waals surface area contributed by atoms with Gasteiger partial charge >= 0.3 is 0 Å². The molecule has 1 nitrogen and oxygen atoms in total. The number of rotatable bonds is 2. The summed E-state index contributed by atoms with van der Waals surface area (Å²) in [6.45, 7) is 6.77. The van der Waals surface area contributed by atoms with Crippen molar-refractivity contribution in [3.8, 4) is 0 Å². The third-order valence-corrected chi connectivity index (χ3v) is 3.20. The Morgan fingerprint density at radius 3 is 2.50 bits per heavy atom. The molecule has 0 radical (unpaired) electrons. The largest absolute Gasteiger partial charge is 0.264 e. The Labute approximate surface area is 87.7 Å². The highest BCUT2D eigenvalue weighted by atomic mass is 127. The lowest BCUT2D eigenvalue weighted by atomic mass is 9.91. The van der Waals surface area contributed by atoms with Gasteiger partial charge in [-0.1, -0.05) is 20.8 Å². The molecule has 2 heteroatoms. The average molecular weight is 275 g/mol. The minimum absolute atomic E-state index is 0.625. The fraction of sp³-hybridized carbons (Fsp3) is 0.500. The summed E-state index contributed by atoms with van der Waals surface area (Å²) in [5.41, 5.74) is 1.42. The maximum Gasteiger partial charge on any atom is 0.0404 e. The first kappa shape index (κ1) is 9.96. The Bertz CT molecular complexity index is 258. The van der Waals surface area contributed by atoms with Gasteiger partial charge in [0.1, 0.15) is 0 Å². The van der Waals surface area contributed by atoms with E-state index in [2.05, 4.69) is 54.4 Å². The lowest BCUT2D eigenvalue weighted by Crippen LogP contribution is -2.04. The van der Waals surface area contributed by atoms with Crippen LogP contribution < -0.4 is 0 Å². The van der Waals surface area contributed by atoms with E-state index in [4.69, 9.17) is 0 Å². The highest BCUT2D eigenvalue weighted by molar-refractivity contribution is 14.1. The van der Waals surface area contributed by atoms with Crippen molar-refractivity contribution in [2.75, 3.05) is 0 Å². The zero-order chi connectivity index (χ0) is 9.14. The van der Waals surface area contributed by atoms with Gasteiger partial charge in [0.15, 0.2) is 0 Å². The minimum Gasteiger partial charge on any atom is -0.264 e. The zero-order valence-electron chi connectivity index (χ0n) is 7.71. The van der Waals surface area contributed by atoms with Gasteiger partial charge in [-0.2, -0.15) is 0 Å². The van der Waals surface area contributed by atoms with Crippen LogP contribution in [0.5, 0.6) is 0 Å². The summed E-state index contributed by atoms with van der Waals surface area (Å²) in [4.78, 5) is 4.08. The lowest BCUT2D eigenvalue weighted by Gasteiger charge is -2.16. The van der Waals surface area contributed by atoms with Crippen molar-refractivity contribution in [2.24, 2.45) is 5.92 Å². The second-order valence-electron chi connectivity index (χ2n) is 3.43. The second-order valence-corrected chi connectivity index (χ2v) is 4.59. The van der Waals surface area contributed by atoms with E-state index in [-0.39, 0.29) is 0 Å². The van der Waals surface area contributed by atoms with Gasteiger partial charge in [0, 0.05) is 16.0 Å². The van der Waals surface area contributed by atoms with Crippen LogP contribution in [0.2, 0.25) is 0 Å². The molecule has 0 bridgehead atoms. The normalized spacial score (nSPS) is 13.4. The van der Waals surface area contributed by atoms with Crippen molar-refractivity contribution >= 4 is 22.6 Å². The van der Waals surface area contributed by atoms with E-state index in [0.717, 1.165) is 0 Å². The molecule has 0 spiro atoms. The maximum atomic E-state index is 4.08. The molecule has 0 aliphatic rings. The lowest BCUT2D eigenvalue weighted by molar-refractivity contribution is 0.532. The molecule has 12 heavy (non-hydrogen) atoms. The van der Waals surface area contributed by atoms with Crippen molar-refractivity contribution in [1.29, 1.82) is 0 Å². The third kappa shape index (κ3) is 2.19. The first-order valence-electron chi connectivity index (χ1n) is 4.22. The predicted molar refractivity (Wildman–Crippen MR) is 60.2 cm³/mol. The van der Waals surface area contributed by atoms with Gasteiger partial charge in [0.2, 0.25) is 0 Å². The quantitative estimate of drug-likeness (QED) is 0.753. The van der Waals surface area contributed by atoms with Gasteiger partial charge in [-0.05, 0) is 46.1 Å². The molecule has 66 valence electrons. The summed E-state index contributed by atoms with van der Waals surface area (Å²) in [5.74, 6) is 1.32. The van der Waals surface area contributed by atoms with E-state index in [0.29, 0.717) is 11.8 Å². The molecule has 0 amide bonds. The number of aromatic nitrogens is 1. The zero-order valence-corrected chi connectivity index (χ0v) is 9.87. The van der Waals surface area contributed by atoms with E-state index in [1.165, 1.54) is 9.13 Å². The molecular formula is C10H14IN. The van der Waals surface area contributed by atoms with Crippen molar-refractivity contribution < 1.29 is 0 Å². The topological polar surface area (TPSA) is 12.9 Å². The minimum atomic E-state index is 0.625. The number of hydrogen-bond donors (Lipinski definition) is 0. The van der Waals surface area contributed by atoms with Crippen LogP contribution in [0, 0.1) is 9.49 Å². The van der Waals surface area contributed by atoms with E-state index < -0.39 is 0 Å². The molecule has 1 aromatic heterocycles. The number of pyridine rings is 1. The van der Waals surface area contributed by atoms with Gasteiger partial charge < -0.3 is 0 Å². The van der Waals surface area contributed by atoms with Gasteiger partial charge in [-0.3, -0.25) is 4.98 Å². The fourth-order valence-electron chi connectivity index (χ4n) is 1.11. The third-order valence-electron chi connectivity index (χ3n) is 2.29. The Hall–Kier alpha value is -0.120. The van der Waals surface area contributed by atoms with Gasteiger partial charge in [0.25, 0.3) is 0 Å². The molecule has 1 unspecified atom stereocenters. The van der Waals surface area contributed by atoms with Crippen LogP contribution in [0.15, 0.2) is 18.5 Å². The predicted octanol–water partition coefficient (Wildman–Crippen LogP) is 3.45. The first-order valence-corrected chi connectivity index (χ1v) is 5.30. The molecule has 0 aromatic carbocycles. The first-order chi connectivity index (χ1) is 5.63. The second kappa shape index (κ2) is 4.21. The van der Waals surface area contributed by atoms with Crippen LogP contribution >= 0.6 is 22.6 Å². The molecule has 0 saturated carbocycles. The Balaban J connectivity index is 2.94. The van der Waals surface area contributed by atoms with Crippen molar-refractivity contribution in [2.45, 2.75) is 26.7 Å². The Morgan fingerprint density at radius 2 is 2.00 bits per heavy atom. The van der Waals surface area contributed by atoms with Crippen molar-refractivity contribution in [3.05, 3.63) is 27.6 Å². The molecule has 0 N–H and O–H groups in total. The molecule has 0 aliphatic heterocycles. The summed E-state index contributed by atoms with van der Waals surface area (Å²) in [7, 11) is 0. The standard InChI is InChI=1S/C10H14IN/c1-7(2)8(3)9-4-5-12-6-10(9)11/h4-8H,1-3H3. The summed E-state index contributed by atoms with van der Waals surface area (Å²) in [6.07, 6.45) is 3.80. The highest BCUT2D eigenvalue weighted by Crippen LogP contribution is 2.26. The molecule has 0 saturated heterocycles. The van der Waals surface area contributed by atoms with E-state index in [1.54, 1.807) is 0 Å². The van der Waals surface area contributed by atoms with E-state index in [9.17, 15) is 0 Å². The van der Waals surface area contributed by atoms with Crippen molar-refractivity contribution in [1.82, 2.24) is 4.98 Å². The fourth-order valence-corrected chi connectivity index (χ4v) is 1.95. The van der Waals surface area contributed by atoms with Crippen LogP contribution in [0.25, 0.3) is 0 Å². The molecule has 1 aromatic rings. The highest BCUT2D eigenvalue weighted by Gasteiger charge is 2.11. The summed E-state index contributed by atoms with van der Waals surface area (Å²) in [5, 5.41) is 0. The maximum absolute atomic E-state index is 4.08. The van der Waals surface area contributed by atoms with Crippen LogP contribution in [0.1, 0.15) is 32.3 Å². The van der Waals surface area contributed by atoms with Crippen LogP contribution in [-0.4, -0.2) is 4.98 Å². The number of nitrogens with zero attached hydrogens (tertiary/aromatic N) is 1. The molecular weight excluding hydrogens is 261 g/mol. The van der Waals surface area contributed by atoms with E-state index >= 15 is 0 Å². The Kier molecular flexibility index (Phi) is 3.50. The summed E-state index contributed by atoms with van der Waals surface area (Å²) < 4.78 is 1.27. The SMILES string of the molecule is CC(C)C(C)c1ccncc1I. The van der Waals surface area contributed by atoms with Gasteiger partial charge in [-0.25, -0.2) is 0 Å². The molecule has 0 fully saturated rings. The van der Waals surface area contributed by atoms with E-state index in [1.807, 2.05) is 12.4 Å². The molecule has 1 atom stereocenters. The summed E-state index contributed by atoms with van der Waals surface area (Å²) >= 11 is 2.35. The van der Waals surface area contributed by atoms with Gasteiger partial charge in [-0.15, -0.1) is 0 Å². The van der Waals surface area contributed by atoms with Crippen molar-refractivity contribution in [3.63, 3.8) is 0 Å². The average Bonchev–Trinajstić information content (AvgIpc) is 2.04. The smallest absolute Gasteiger partial charge is 0.0404 e. The van der Waals surface area contributed by atoms with Crippen LogP contribution in [-0.2, 0) is 0 Å². The van der Waals surface area contributed by atoms with Crippen LogP contribution in [0.4, 0.5) is 0 Å². The van der Waals surface area contributed by atoms with Crippen LogP contribution in [0.3, 0.4) is 0 Å².